The van der Waals surface area contributed by atoms with Gasteiger partial charge in [-0.05, 0) is 70.4 Å². The van der Waals surface area contributed by atoms with Crippen LogP contribution >= 0.6 is 35.3 Å². The third kappa shape index (κ3) is 6.06. The highest BCUT2D eigenvalue weighted by molar-refractivity contribution is 7.22. The lowest BCUT2D eigenvalue weighted by Gasteiger charge is -2.22. The van der Waals surface area contributed by atoms with Crippen molar-refractivity contribution in [3.63, 3.8) is 0 Å². The number of likely N-dealkylation sites (N-methyl/N-ethyl adjacent to an activating group) is 1. The summed E-state index contributed by atoms with van der Waals surface area (Å²) >= 11 is 7.57. The van der Waals surface area contributed by atoms with Crippen LogP contribution in [0.4, 0.5) is 5.13 Å². The SMILES string of the molecule is CC(C)Oc1ccc(C(=O)N(CCN(C)C)c2nc3ccc(Cl)cc3s2)cc1.Cl. The molecule has 0 unspecified atom stereocenters. The van der Waals surface area contributed by atoms with Gasteiger partial charge in [0.15, 0.2) is 5.13 Å². The van der Waals surface area contributed by atoms with Gasteiger partial charge in [0.25, 0.3) is 5.91 Å². The maximum atomic E-state index is 13.2. The zero-order valence-electron chi connectivity index (χ0n) is 16.9. The largest absolute Gasteiger partial charge is 0.491 e. The van der Waals surface area contributed by atoms with Crippen LogP contribution in [-0.2, 0) is 0 Å². The summed E-state index contributed by atoms with van der Waals surface area (Å²) in [7, 11) is 3.97. The number of thiazole rings is 1. The molecule has 0 spiro atoms. The third-order valence-corrected chi connectivity index (χ3v) is 5.34. The summed E-state index contributed by atoms with van der Waals surface area (Å²) in [6.45, 7) is 5.23. The molecule has 0 N–H and O–H groups in total. The van der Waals surface area contributed by atoms with Gasteiger partial charge >= 0.3 is 0 Å². The van der Waals surface area contributed by atoms with E-state index in [4.69, 9.17) is 16.3 Å². The van der Waals surface area contributed by atoms with Gasteiger partial charge in [-0.25, -0.2) is 4.98 Å². The van der Waals surface area contributed by atoms with E-state index >= 15 is 0 Å². The van der Waals surface area contributed by atoms with Crippen LogP contribution in [0.15, 0.2) is 42.5 Å². The fourth-order valence-corrected chi connectivity index (χ4v) is 3.96. The monoisotopic (exact) mass is 453 g/mol. The van der Waals surface area contributed by atoms with Crippen LogP contribution in [0.2, 0.25) is 5.02 Å². The fraction of sp³-hybridized carbons (Fsp3) is 0.333. The lowest BCUT2D eigenvalue weighted by atomic mass is 10.2. The predicted octanol–water partition coefficient (Wildman–Crippen LogP) is 5.37. The summed E-state index contributed by atoms with van der Waals surface area (Å²) < 4.78 is 6.63. The lowest BCUT2D eigenvalue weighted by molar-refractivity contribution is 0.0985. The Hall–Kier alpha value is -1.86. The zero-order chi connectivity index (χ0) is 20.3. The normalized spacial score (nSPS) is 11.0. The molecule has 5 nitrogen and oxygen atoms in total. The van der Waals surface area contributed by atoms with Gasteiger partial charge in [-0.1, -0.05) is 22.9 Å². The maximum absolute atomic E-state index is 13.2. The number of rotatable bonds is 7. The Kier molecular flexibility index (Phi) is 8.28. The molecule has 0 aliphatic rings. The van der Waals surface area contributed by atoms with Gasteiger partial charge < -0.3 is 9.64 Å². The lowest BCUT2D eigenvalue weighted by Crippen LogP contribution is -2.36. The van der Waals surface area contributed by atoms with E-state index in [0.29, 0.717) is 22.3 Å². The van der Waals surface area contributed by atoms with Crippen molar-refractivity contribution in [2.24, 2.45) is 0 Å². The standard InChI is InChI=1S/C21H24ClN3O2S.ClH/c1-14(2)27-17-8-5-15(6-9-17)20(26)25(12-11-24(3)4)21-23-18-10-7-16(22)13-19(18)28-21;/h5-10,13-14H,11-12H2,1-4H3;1H. The molecule has 0 bridgehead atoms. The molecule has 3 aromatic rings. The molecule has 1 aromatic heterocycles. The highest BCUT2D eigenvalue weighted by Gasteiger charge is 2.21. The Labute approximate surface area is 186 Å². The summed E-state index contributed by atoms with van der Waals surface area (Å²) in [4.78, 5) is 21.7. The minimum absolute atomic E-state index is 0. The summed E-state index contributed by atoms with van der Waals surface area (Å²) in [6, 6.07) is 12.8. The summed E-state index contributed by atoms with van der Waals surface area (Å²) in [6.07, 6.45) is 0.0905. The molecular weight excluding hydrogens is 429 g/mol. The number of aromatic nitrogens is 1. The molecule has 0 radical (unpaired) electrons. The van der Waals surface area contributed by atoms with Crippen LogP contribution in [0.25, 0.3) is 10.2 Å². The van der Waals surface area contributed by atoms with Crippen molar-refractivity contribution >= 4 is 56.6 Å². The molecule has 156 valence electrons. The first-order valence-electron chi connectivity index (χ1n) is 9.13. The van der Waals surface area contributed by atoms with Gasteiger partial charge in [-0.3, -0.25) is 9.69 Å². The summed E-state index contributed by atoms with van der Waals surface area (Å²) in [5, 5.41) is 1.33. The molecule has 0 aliphatic heterocycles. The molecule has 0 fully saturated rings. The van der Waals surface area contributed by atoms with E-state index in [1.165, 1.54) is 11.3 Å². The molecule has 0 saturated carbocycles. The van der Waals surface area contributed by atoms with Crippen LogP contribution in [-0.4, -0.2) is 49.1 Å². The van der Waals surface area contributed by atoms with E-state index < -0.39 is 0 Å². The van der Waals surface area contributed by atoms with Crippen LogP contribution in [0.3, 0.4) is 0 Å². The summed E-state index contributed by atoms with van der Waals surface area (Å²) in [5.74, 6) is 0.670. The highest BCUT2D eigenvalue weighted by Crippen LogP contribution is 2.31. The average molecular weight is 454 g/mol. The number of hydrogen-bond acceptors (Lipinski definition) is 5. The third-order valence-electron chi connectivity index (χ3n) is 4.06. The van der Waals surface area contributed by atoms with Crippen LogP contribution < -0.4 is 9.64 Å². The number of carbonyl (C=O) groups excluding carboxylic acids is 1. The number of hydrogen-bond donors (Lipinski definition) is 0. The second-order valence-corrected chi connectivity index (χ2v) is 8.51. The first-order valence-corrected chi connectivity index (χ1v) is 10.3. The van der Waals surface area contributed by atoms with Crippen molar-refractivity contribution in [2.45, 2.75) is 20.0 Å². The van der Waals surface area contributed by atoms with E-state index in [-0.39, 0.29) is 24.4 Å². The molecular formula is C21H25Cl2N3O2S. The molecule has 2 aromatic carbocycles. The number of halogens is 2. The van der Waals surface area contributed by atoms with Gasteiger partial charge in [0.2, 0.25) is 0 Å². The fourth-order valence-electron chi connectivity index (χ4n) is 2.69. The predicted molar refractivity (Wildman–Crippen MR) is 124 cm³/mol. The van der Waals surface area contributed by atoms with E-state index in [1.807, 2.05) is 63.2 Å². The van der Waals surface area contributed by atoms with Crippen LogP contribution in [0.1, 0.15) is 24.2 Å². The molecule has 0 saturated heterocycles. The number of benzene rings is 2. The van der Waals surface area contributed by atoms with Crippen LogP contribution in [0, 0.1) is 0 Å². The molecule has 0 atom stereocenters. The number of fused-ring (bicyclic) bond motifs is 1. The molecule has 1 heterocycles. The average Bonchev–Trinajstić information content (AvgIpc) is 3.04. The van der Waals surface area contributed by atoms with Crippen molar-refractivity contribution in [2.75, 3.05) is 32.1 Å². The van der Waals surface area contributed by atoms with Gasteiger partial charge in [-0.2, -0.15) is 0 Å². The van der Waals surface area contributed by atoms with E-state index in [1.54, 1.807) is 17.0 Å². The second kappa shape index (κ2) is 10.3. The van der Waals surface area contributed by atoms with Crippen molar-refractivity contribution in [3.8, 4) is 5.75 Å². The smallest absolute Gasteiger partial charge is 0.260 e. The Morgan fingerprint density at radius 2 is 1.83 bits per heavy atom. The van der Waals surface area contributed by atoms with Crippen molar-refractivity contribution < 1.29 is 9.53 Å². The quantitative estimate of drug-likeness (QED) is 0.482. The molecule has 0 aliphatic carbocycles. The second-order valence-electron chi connectivity index (χ2n) is 7.06. The van der Waals surface area contributed by atoms with E-state index in [0.717, 1.165) is 22.5 Å². The zero-order valence-corrected chi connectivity index (χ0v) is 19.3. The van der Waals surface area contributed by atoms with E-state index in [2.05, 4.69) is 4.98 Å². The van der Waals surface area contributed by atoms with Gasteiger partial charge in [0, 0.05) is 23.7 Å². The van der Waals surface area contributed by atoms with Gasteiger partial charge in [0.1, 0.15) is 5.75 Å². The van der Waals surface area contributed by atoms with E-state index in [9.17, 15) is 4.79 Å². The number of nitrogens with zero attached hydrogens (tertiary/aromatic N) is 3. The minimum atomic E-state index is -0.0805. The van der Waals surface area contributed by atoms with Crippen molar-refractivity contribution in [3.05, 3.63) is 53.1 Å². The highest BCUT2D eigenvalue weighted by atomic mass is 35.5. The van der Waals surface area contributed by atoms with Crippen molar-refractivity contribution in [1.29, 1.82) is 0 Å². The minimum Gasteiger partial charge on any atom is -0.491 e. The number of amides is 1. The Morgan fingerprint density at radius 3 is 2.45 bits per heavy atom. The first-order chi connectivity index (χ1) is 13.3. The number of anilines is 1. The maximum Gasteiger partial charge on any atom is 0.260 e. The molecule has 8 heteroatoms. The Balaban J connectivity index is 0.00000300. The molecule has 3 rings (SSSR count). The Bertz CT molecular complexity index is 958. The van der Waals surface area contributed by atoms with Gasteiger partial charge in [0.05, 0.1) is 16.3 Å². The van der Waals surface area contributed by atoms with Crippen LogP contribution in [0.5, 0.6) is 5.75 Å². The molecule has 29 heavy (non-hydrogen) atoms. The molecule has 1 amide bonds. The Morgan fingerprint density at radius 1 is 1.14 bits per heavy atom. The summed E-state index contributed by atoms with van der Waals surface area (Å²) in [5.41, 5.74) is 1.44. The number of carbonyl (C=O) groups is 1. The van der Waals surface area contributed by atoms with Crippen molar-refractivity contribution in [1.82, 2.24) is 9.88 Å². The topological polar surface area (TPSA) is 45.7 Å². The van der Waals surface area contributed by atoms with Gasteiger partial charge in [-0.15, -0.1) is 12.4 Å². The first kappa shape index (κ1) is 23.4. The number of ether oxygens (including phenoxy) is 1.